The van der Waals surface area contributed by atoms with Gasteiger partial charge in [0.15, 0.2) is 11.6 Å². The summed E-state index contributed by atoms with van der Waals surface area (Å²) < 4.78 is 26.7. The van der Waals surface area contributed by atoms with Crippen LogP contribution < -0.4 is 10.6 Å². The molecule has 0 bridgehead atoms. The van der Waals surface area contributed by atoms with Gasteiger partial charge in [-0.05, 0) is 37.9 Å². The Bertz CT molecular complexity index is 484. The molecule has 3 nitrogen and oxygen atoms in total. The van der Waals surface area contributed by atoms with Crippen molar-refractivity contribution in [1.29, 1.82) is 0 Å². The molecule has 0 heterocycles. The molecule has 1 amide bonds. The Kier molecular flexibility index (Phi) is 5.89. The molecule has 1 aromatic rings. The van der Waals surface area contributed by atoms with E-state index in [0.717, 1.165) is 6.07 Å². The van der Waals surface area contributed by atoms with Crippen molar-refractivity contribution in [3.05, 3.63) is 35.4 Å². The Hall–Kier alpha value is -1.20. The molecule has 6 heteroatoms. The number of hydrogen-bond donors (Lipinski definition) is 2. The molecule has 2 rings (SSSR count). The van der Waals surface area contributed by atoms with Crippen LogP contribution in [0.15, 0.2) is 18.2 Å². The number of carbonyl (C=O) groups excluding carboxylic acids is 1. The van der Waals surface area contributed by atoms with Gasteiger partial charge in [-0.1, -0.05) is 12.1 Å². The van der Waals surface area contributed by atoms with Gasteiger partial charge in [0.1, 0.15) is 0 Å². The Balaban J connectivity index is 0.00000200. The zero-order valence-electron chi connectivity index (χ0n) is 11.5. The summed E-state index contributed by atoms with van der Waals surface area (Å²) in [6.07, 6.45) is 0.583. The molecule has 1 saturated carbocycles. The minimum Gasteiger partial charge on any atom is -0.354 e. The standard InChI is InChI=1S/C14H18F2N2O.ClH/c1-8(17-2)7-18-14(19)11-6-10(11)9-4-3-5-12(15)13(9)16;/h3-5,8,10-11,17H,6-7H2,1-2H3,(H,18,19);1H. The Labute approximate surface area is 123 Å². The van der Waals surface area contributed by atoms with Gasteiger partial charge in [0, 0.05) is 18.5 Å². The lowest BCUT2D eigenvalue weighted by molar-refractivity contribution is -0.122. The second kappa shape index (κ2) is 6.99. The fourth-order valence-corrected chi connectivity index (χ4v) is 2.12. The third-order valence-electron chi connectivity index (χ3n) is 3.58. The third-order valence-corrected chi connectivity index (χ3v) is 3.58. The highest BCUT2D eigenvalue weighted by Crippen LogP contribution is 2.48. The van der Waals surface area contributed by atoms with Crippen molar-refractivity contribution in [3.63, 3.8) is 0 Å². The highest BCUT2D eigenvalue weighted by molar-refractivity contribution is 5.85. The Morgan fingerprint density at radius 2 is 2.15 bits per heavy atom. The van der Waals surface area contributed by atoms with Gasteiger partial charge < -0.3 is 10.6 Å². The highest BCUT2D eigenvalue weighted by atomic mass is 35.5. The highest BCUT2D eigenvalue weighted by Gasteiger charge is 2.45. The van der Waals surface area contributed by atoms with Crippen molar-refractivity contribution in [2.45, 2.75) is 25.3 Å². The maximum atomic E-state index is 13.6. The van der Waals surface area contributed by atoms with Crippen LogP contribution in [0, 0.1) is 17.6 Å². The predicted molar refractivity (Wildman–Crippen MR) is 76.0 cm³/mol. The molecule has 20 heavy (non-hydrogen) atoms. The number of hydrogen-bond acceptors (Lipinski definition) is 2. The molecule has 0 radical (unpaired) electrons. The first-order valence-electron chi connectivity index (χ1n) is 6.43. The molecule has 3 atom stereocenters. The zero-order chi connectivity index (χ0) is 14.0. The molecule has 1 fully saturated rings. The van der Waals surface area contributed by atoms with Crippen LogP contribution in [0.2, 0.25) is 0 Å². The van der Waals surface area contributed by atoms with E-state index in [1.54, 1.807) is 6.07 Å². The average molecular weight is 305 g/mol. The van der Waals surface area contributed by atoms with Crippen molar-refractivity contribution in [1.82, 2.24) is 10.6 Å². The summed E-state index contributed by atoms with van der Waals surface area (Å²) in [5.41, 5.74) is 0.307. The van der Waals surface area contributed by atoms with E-state index in [2.05, 4.69) is 10.6 Å². The molecule has 0 aliphatic heterocycles. The fourth-order valence-electron chi connectivity index (χ4n) is 2.12. The summed E-state index contributed by atoms with van der Waals surface area (Å²) in [5.74, 6) is -2.20. The Morgan fingerprint density at radius 1 is 1.45 bits per heavy atom. The summed E-state index contributed by atoms with van der Waals surface area (Å²) in [6, 6.07) is 4.30. The second-order valence-electron chi connectivity index (χ2n) is 5.03. The number of benzene rings is 1. The van der Waals surface area contributed by atoms with E-state index in [1.807, 2.05) is 14.0 Å². The molecule has 1 aromatic carbocycles. The van der Waals surface area contributed by atoms with Gasteiger partial charge in [0.25, 0.3) is 0 Å². The molecule has 3 unspecified atom stereocenters. The molecule has 112 valence electrons. The summed E-state index contributed by atoms with van der Waals surface area (Å²) in [6.45, 7) is 2.49. The quantitative estimate of drug-likeness (QED) is 0.876. The van der Waals surface area contributed by atoms with Crippen LogP contribution in [0.4, 0.5) is 8.78 Å². The SMILES string of the molecule is CNC(C)CNC(=O)C1CC1c1cccc(F)c1F.Cl. The lowest BCUT2D eigenvalue weighted by Crippen LogP contribution is -2.38. The van der Waals surface area contributed by atoms with Crippen molar-refractivity contribution >= 4 is 18.3 Å². The maximum Gasteiger partial charge on any atom is 0.223 e. The molecule has 1 aliphatic carbocycles. The van der Waals surface area contributed by atoms with Crippen molar-refractivity contribution in [2.24, 2.45) is 5.92 Å². The minimum atomic E-state index is -0.854. The molecule has 0 spiro atoms. The normalized spacial score (nSPS) is 21.8. The van der Waals surface area contributed by atoms with E-state index < -0.39 is 11.6 Å². The largest absolute Gasteiger partial charge is 0.354 e. The van der Waals surface area contributed by atoms with Gasteiger partial charge in [-0.3, -0.25) is 4.79 Å². The van der Waals surface area contributed by atoms with E-state index >= 15 is 0 Å². The van der Waals surface area contributed by atoms with Crippen LogP contribution in [-0.4, -0.2) is 25.5 Å². The van der Waals surface area contributed by atoms with Gasteiger partial charge in [-0.25, -0.2) is 8.78 Å². The number of rotatable bonds is 5. The van der Waals surface area contributed by atoms with Gasteiger partial charge in [0.2, 0.25) is 5.91 Å². The molecule has 1 aliphatic rings. The van der Waals surface area contributed by atoms with Crippen LogP contribution in [0.25, 0.3) is 0 Å². The first-order chi connectivity index (χ1) is 9.04. The summed E-state index contributed by atoms with van der Waals surface area (Å²) in [5, 5.41) is 5.83. The predicted octanol–water partition coefficient (Wildman–Crippen LogP) is 2.21. The minimum absolute atomic E-state index is 0. The van der Waals surface area contributed by atoms with Crippen molar-refractivity contribution < 1.29 is 13.6 Å². The van der Waals surface area contributed by atoms with Gasteiger partial charge in [0.05, 0.1) is 0 Å². The number of halogens is 3. The molecule has 0 saturated heterocycles. The molecular weight excluding hydrogens is 286 g/mol. The van der Waals surface area contributed by atoms with Gasteiger partial charge in [-0.15, -0.1) is 12.4 Å². The van der Waals surface area contributed by atoms with Crippen LogP contribution in [0.1, 0.15) is 24.8 Å². The van der Waals surface area contributed by atoms with E-state index in [9.17, 15) is 13.6 Å². The fraction of sp³-hybridized carbons (Fsp3) is 0.500. The lowest BCUT2D eigenvalue weighted by atomic mass is 10.1. The van der Waals surface area contributed by atoms with Crippen molar-refractivity contribution in [3.8, 4) is 0 Å². The van der Waals surface area contributed by atoms with Crippen LogP contribution >= 0.6 is 12.4 Å². The molecule has 2 N–H and O–H groups in total. The first-order valence-corrected chi connectivity index (χ1v) is 6.43. The summed E-state index contributed by atoms with van der Waals surface area (Å²) >= 11 is 0. The average Bonchev–Trinajstić information content (AvgIpc) is 3.19. The van der Waals surface area contributed by atoms with E-state index in [0.29, 0.717) is 18.5 Å². The number of amides is 1. The maximum absolute atomic E-state index is 13.6. The van der Waals surface area contributed by atoms with Crippen molar-refractivity contribution in [2.75, 3.05) is 13.6 Å². The molecular formula is C14H19ClF2N2O. The van der Waals surface area contributed by atoms with Gasteiger partial charge in [-0.2, -0.15) is 0 Å². The molecule has 0 aromatic heterocycles. The second-order valence-corrected chi connectivity index (χ2v) is 5.03. The first kappa shape index (κ1) is 16.9. The third kappa shape index (κ3) is 3.67. The van der Waals surface area contributed by atoms with E-state index in [4.69, 9.17) is 0 Å². The van der Waals surface area contributed by atoms with Crippen LogP contribution in [0.5, 0.6) is 0 Å². The van der Waals surface area contributed by atoms with E-state index in [1.165, 1.54) is 6.07 Å². The van der Waals surface area contributed by atoms with Gasteiger partial charge >= 0.3 is 0 Å². The number of likely N-dealkylation sites (N-methyl/N-ethyl adjacent to an activating group) is 1. The smallest absolute Gasteiger partial charge is 0.223 e. The topological polar surface area (TPSA) is 41.1 Å². The summed E-state index contributed by atoms with van der Waals surface area (Å²) in [7, 11) is 1.82. The Morgan fingerprint density at radius 3 is 2.80 bits per heavy atom. The van der Waals surface area contributed by atoms with Crippen LogP contribution in [-0.2, 0) is 4.79 Å². The number of carbonyl (C=O) groups is 1. The monoisotopic (exact) mass is 304 g/mol. The number of nitrogens with one attached hydrogen (secondary N) is 2. The summed E-state index contributed by atoms with van der Waals surface area (Å²) in [4.78, 5) is 11.9. The lowest BCUT2D eigenvalue weighted by Gasteiger charge is -2.11. The van der Waals surface area contributed by atoms with E-state index in [-0.39, 0.29) is 36.2 Å². The zero-order valence-corrected chi connectivity index (χ0v) is 12.3. The van der Waals surface area contributed by atoms with Crippen LogP contribution in [0.3, 0.4) is 0 Å².